The van der Waals surface area contributed by atoms with Crippen molar-refractivity contribution in [3.8, 4) is 34.3 Å². The summed E-state index contributed by atoms with van der Waals surface area (Å²) in [5.41, 5.74) is 0.899. The van der Waals surface area contributed by atoms with Crippen LogP contribution in [0.4, 0.5) is 0 Å². The minimum atomic E-state index is -0.411. The van der Waals surface area contributed by atoms with Gasteiger partial charge in [-0.3, -0.25) is 4.79 Å². The number of methoxy groups -OCH3 is 1. The highest BCUT2D eigenvalue weighted by atomic mass is 16.5. The lowest BCUT2D eigenvalue weighted by atomic mass is 10.1. The van der Waals surface area contributed by atoms with Crippen molar-refractivity contribution in [1.29, 1.82) is 0 Å². The molecule has 0 spiro atoms. The molecule has 0 aliphatic rings. The number of ether oxygens (including phenoxy) is 1. The molecule has 130 valence electrons. The van der Waals surface area contributed by atoms with E-state index in [9.17, 15) is 9.90 Å². The van der Waals surface area contributed by atoms with Crippen LogP contribution in [0.3, 0.4) is 0 Å². The predicted octanol–water partition coefficient (Wildman–Crippen LogP) is 2.97. The van der Waals surface area contributed by atoms with Gasteiger partial charge in [0.25, 0.3) is 11.4 Å². The number of benzene rings is 2. The predicted molar refractivity (Wildman–Crippen MR) is 96.1 cm³/mol. The fourth-order valence-corrected chi connectivity index (χ4v) is 2.85. The van der Waals surface area contributed by atoms with Crippen molar-refractivity contribution >= 4 is 10.9 Å². The van der Waals surface area contributed by atoms with Crippen molar-refractivity contribution in [1.82, 2.24) is 14.7 Å². The number of hydrogen-bond donors (Lipinski definition) is 1. The molecule has 0 aliphatic carbocycles. The zero-order valence-corrected chi connectivity index (χ0v) is 14.1. The van der Waals surface area contributed by atoms with E-state index in [0.29, 0.717) is 28.0 Å². The number of aromatic hydroxyl groups is 1. The molecule has 0 radical (unpaired) electrons. The lowest BCUT2D eigenvalue weighted by molar-refractivity contribution is 0.414. The van der Waals surface area contributed by atoms with Crippen LogP contribution in [-0.2, 0) is 7.05 Å². The summed E-state index contributed by atoms with van der Waals surface area (Å²) < 4.78 is 11.8. The normalized spacial score (nSPS) is 11.0. The molecular weight excluding hydrogens is 334 g/mol. The Morgan fingerprint density at radius 1 is 1.12 bits per heavy atom. The minimum absolute atomic E-state index is 0.0153. The molecule has 4 rings (SSSR count). The maximum atomic E-state index is 12.7. The van der Waals surface area contributed by atoms with Gasteiger partial charge in [0.05, 0.1) is 12.6 Å². The summed E-state index contributed by atoms with van der Waals surface area (Å²) in [6.45, 7) is 0. The molecule has 2 heterocycles. The highest BCUT2D eigenvalue weighted by Crippen LogP contribution is 2.32. The molecule has 0 saturated heterocycles. The summed E-state index contributed by atoms with van der Waals surface area (Å²) in [7, 11) is 3.22. The molecule has 0 saturated carbocycles. The van der Waals surface area contributed by atoms with Crippen LogP contribution < -0.4 is 10.3 Å². The molecule has 0 fully saturated rings. The van der Waals surface area contributed by atoms with E-state index in [1.165, 1.54) is 4.57 Å². The second kappa shape index (κ2) is 6.03. The summed E-state index contributed by atoms with van der Waals surface area (Å²) in [4.78, 5) is 17.0. The average Bonchev–Trinajstić information content (AvgIpc) is 3.16. The van der Waals surface area contributed by atoms with E-state index in [4.69, 9.17) is 9.26 Å². The van der Waals surface area contributed by atoms with Crippen molar-refractivity contribution < 1.29 is 14.4 Å². The summed E-state index contributed by atoms with van der Waals surface area (Å²) in [5.74, 6) is 0.823. The van der Waals surface area contributed by atoms with Gasteiger partial charge >= 0.3 is 0 Å². The van der Waals surface area contributed by atoms with Gasteiger partial charge in [0.2, 0.25) is 5.82 Å². The molecule has 0 aliphatic heterocycles. The maximum absolute atomic E-state index is 12.7. The number of nitrogens with zero attached hydrogens (tertiary/aromatic N) is 3. The van der Waals surface area contributed by atoms with Crippen molar-refractivity contribution in [2.75, 3.05) is 7.11 Å². The molecule has 7 heteroatoms. The maximum Gasteiger partial charge on any atom is 0.267 e. The van der Waals surface area contributed by atoms with Crippen molar-refractivity contribution in [2.24, 2.45) is 7.05 Å². The summed E-state index contributed by atoms with van der Waals surface area (Å²) in [6.07, 6.45) is 0. The number of aromatic nitrogens is 3. The van der Waals surface area contributed by atoms with Crippen LogP contribution in [0, 0.1) is 0 Å². The minimum Gasteiger partial charge on any atom is -0.506 e. The quantitative estimate of drug-likeness (QED) is 0.611. The van der Waals surface area contributed by atoms with Gasteiger partial charge in [-0.2, -0.15) is 4.98 Å². The van der Waals surface area contributed by atoms with E-state index in [-0.39, 0.29) is 17.2 Å². The molecule has 0 atom stereocenters. The Hall–Kier alpha value is -3.61. The molecular formula is C19H15N3O4. The van der Waals surface area contributed by atoms with Gasteiger partial charge in [-0.25, -0.2) is 0 Å². The lowest BCUT2D eigenvalue weighted by Gasteiger charge is -2.09. The van der Waals surface area contributed by atoms with Crippen LogP contribution >= 0.6 is 0 Å². The van der Waals surface area contributed by atoms with Crippen molar-refractivity contribution in [3.63, 3.8) is 0 Å². The van der Waals surface area contributed by atoms with Gasteiger partial charge < -0.3 is 18.9 Å². The van der Waals surface area contributed by atoms with Crippen LogP contribution in [0.1, 0.15) is 0 Å². The summed E-state index contributed by atoms with van der Waals surface area (Å²) in [6, 6.07) is 14.2. The monoisotopic (exact) mass is 349 g/mol. The lowest BCUT2D eigenvalue weighted by Crippen LogP contribution is -2.19. The molecule has 4 aromatic rings. The highest BCUT2D eigenvalue weighted by molar-refractivity contribution is 5.90. The van der Waals surface area contributed by atoms with Gasteiger partial charge in [-0.05, 0) is 36.4 Å². The number of para-hydroxylation sites is 1. The van der Waals surface area contributed by atoms with E-state index >= 15 is 0 Å². The van der Waals surface area contributed by atoms with Crippen LogP contribution in [-0.4, -0.2) is 26.9 Å². The zero-order chi connectivity index (χ0) is 18.3. The van der Waals surface area contributed by atoms with Gasteiger partial charge in [0.1, 0.15) is 17.1 Å². The first-order valence-corrected chi connectivity index (χ1v) is 7.89. The first-order valence-electron chi connectivity index (χ1n) is 7.89. The third kappa shape index (κ3) is 2.41. The Labute approximate surface area is 148 Å². The number of hydrogen-bond acceptors (Lipinski definition) is 6. The molecule has 2 aromatic heterocycles. The van der Waals surface area contributed by atoms with Gasteiger partial charge in [0.15, 0.2) is 0 Å². The first-order chi connectivity index (χ1) is 12.6. The molecule has 0 unspecified atom stereocenters. The van der Waals surface area contributed by atoms with E-state index in [1.807, 2.05) is 0 Å². The van der Waals surface area contributed by atoms with Crippen LogP contribution in [0.25, 0.3) is 33.7 Å². The largest absolute Gasteiger partial charge is 0.506 e. The molecule has 0 bridgehead atoms. The molecule has 2 aromatic carbocycles. The Balaban J connectivity index is 1.86. The number of pyridine rings is 1. The van der Waals surface area contributed by atoms with Crippen molar-refractivity contribution in [2.45, 2.75) is 0 Å². The van der Waals surface area contributed by atoms with E-state index in [0.717, 1.165) is 0 Å². The standard InChI is InChI=1S/C19H15N3O4/c1-22-14-6-4-3-5-13(14)16(23)15(19(22)24)18-20-17(21-26-18)11-7-9-12(25-2)10-8-11/h3-10,23H,1-2H3. The van der Waals surface area contributed by atoms with E-state index in [2.05, 4.69) is 10.1 Å². The Kier molecular flexibility index (Phi) is 3.69. The van der Waals surface area contributed by atoms with E-state index in [1.54, 1.807) is 62.7 Å². The molecule has 7 nitrogen and oxygen atoms in total. The highest BCUT2D eigenvalue weighted by Gasteiger charge is 2.22. The Morgan fingerprint density at radius 3 is 2.58 bits per heavy atom. The van der Waals surface area contributed by atoms with Gasteiger partial charge in [-0.15, -0.1) is 0 Å². The SMILES string of the molecule is COc1ccc(-c2noc(-c3c(O)c4ccccc4n(C)c3=O)n2)cc1. The Bertz CT molecular complexity index is 1160. The number of rotatable bonds is 3. The molecule has 0 amide bonds. The molecule has 26 heavy (non-hydrogen) atoms. The van der Waals surface area contributed by atoms with Gasteiger partial charge in [0, 0.05) is 18.0 Å². The number of fused-ring (bicyclic) bond motifs is 1. The second-order valence-corrected chi connectivity index (χ2v) is 5.76. The number of aryl methyl sites for hydroxylation is 1. The first kappa shape index (κ1) is 15.9. The fraction of sp³-hybridized carbons (Fsp3) is 0.105. The zero-order valence-electron chi connectivity index (χ0n) is 14.1. The van der Waals surface area contributed by atoms with Crippen LogP contribution in [0.5, 0.6) is 11.5 Å². The third-order valence-electron chi connectivity index (χ3n) is 4.26. The van der Waals surface area contributed by atoms with Crippen LogP contribution in [0.2, 0.25) is 0 Å². The van der Waals surface area contributed by atoms with Gasteiger partial charge in [-0.1, -0.05) is 17.3 Å². The van der Waals surface area contributed by atoms with Crippen molar-refractivity contribution in [3.05, 3.63) is 58.9 Å². The fourth-order valence-electron chi connectivity index (χ4n) is 2.85. The summed E-state index contributed by atoms with van der Waals surface area (Å²) >= 11 is 0. The second-order valence-electron chi connectivity index (χ2n) is 5.76. The average molecular weight is 349 g/mol. The molecule has 1 N–H and O–H groups in total. The van der Waals surface area contributed by atoms with Crippen LogP contribution in [0.15, 0.2) is 57.8 Å². The topological polar surface area (TPSA) is 90.4 Å². The third-order valence-corrected chi connectivity index (χ3v) is 4.26. The van der Waals surface area contributed by atoms with E-state index < -0.39 is 5.56 Å². The summed E-state index contributed by atoms with van der Waals surface area (Å²) in [5, 5.41) is 15.1. The smallest absolute Gasteiger partial charge is 0.267 e. The Morgan fingerprint density at radius 2 is 1.85 bits per heavy atom.